The van der Waals surface area contributed by atoms with Gasteiger partial charge < -0.3 is 14.2 Å². The molecule has 0 aromatic heterocycles. The van der Waals surface area contributed by atoms with Crippen molar-refractivity contribution in [2.45, 2.75) is 194 Å². The molecule has 0 bridgehead atoms. The fourth-order valence-corrected chi connectivity index (χ4v) is 6.24. The monoisotopic (exact) mass is 921 g/mol. The van der Waals surface area contributed by atoms with Gasteiger partial charge in [0.25, 0.3) is 0 Å². The largest absolute Gasteiger partial charge is 0.462 e. The van der Waals surface area contributed by atoms with E-state index in [-0.39, 0.29) is 50.4 Å². The van der Waals surface area contributed by atoms with E-state index in [0.29, 0.717) is 12.8 Å². The van der Waals surface area contributed by atoms with Crippen LogP contribution in [0.4, 0.5) is 0 Å². The lowest BCUT2D eigenvalue weighted by atomic mass is 10.1. The Morgan fingerprint density at radius 1 is 0.299 bits per heavy atom. The Bertz CT molecular complexity index is 1570. The number of rotatable bonds is 44. The molecule has 6 heteroatoms. The molecule has 0 aliphatic heterocycles. The van der Waals surface area contributed by atoms with Gasteiger partial charge in [0.1, 0.15) is 13.2 Å². The van der Waals surface area contributed by atoms with Crippen LogP contribution in [-0.2, 0) is 28.6 Å². The molecule has 0 aromatic carbocycles. The summed E-state index contributed by atoms with van der Waals surface area (Å²) < 4.78 is 16.7. The summed E-state index contributed by atoms with van der Waals surface area (Å²) in [7, 11) is 0. The van der Waals surface area contributed by atoms with E-state index in [2.05, 4.69) is 167 Å². The maximum atomic E-state index is 12.8. The molecule has 1 atom stereocenters. The van der Waals surface area contributed by atoms with Crippen molar-refractivity contribution >= 4 is 17.9 Å². The molecule has 0 rings (SSSR count). The number of carbonyl (C=O) groups excluding carboxylic acids is 3. The number of carbonyl (C=O) groups is 3. The Hall–Kier alpha value is -4.97. The Labute approximate surface area is 409 Å². The van der Waals surface area contributed by atoms with Gasteiger partial charge in [0.15, 0.2) is 6.10 Å². The number of unbranched alkanes of at least 4 members (excludes halogenated alkanes) is 7. The minimum absolute atomic E-state index is 0.138. The van der Waals surface area contributed by atoms with E-state index < -0.39 is 6.10 Å². The third kappa shape index (κ3) is 51.9. The maximum Gasteiger partial charge on any atom is 0.306 e. The summed E-state index contributed by atoms with van der Waals surface area (Å²) in [6.45, 7) is 6.15. The summed E-state index contributed by atoms with van der Waals surface area (Å²) in [6, 6.07) is 0. The van der Waals surface area contributed by atoms with Crippen molar-refractivity contribution in [3.05, 3.63) is 158 Å². The predicted molar refractivity (Wildman–Crippen MR) is 288 cm³/mol. The van der Waals surface area contributed by atoms with Crippen molar-refractivity contribution in [1.29, 1.82) is 0 Å². The number of hydrogen-bond donors (Lipinski definition) is 0. The molecule has 372 valence electrons. The average molecular weight is 921 g/mol. The molecule has 0 radical (unpaired) electrons. The zero-order valence-electron chi connectivity index (χ0n) is 42.3. The lowest BCUT2D eigenvalue weighted by Gasteiger charge is -2.18. The summed E-state index contributed by atoms with van der Waals surface area (Å²) >= 11 is 0. The van der Waals surface area contributed by atoms with Crippen LogP contribution in [0.1, 0.15) is 188 Å². The maximum absolute atomic E-state index is 12.8. The van der Waals surface area contributed by atoms with Crippen LogP contribution < -0.4 is 0 Å². The van der Waals surface area contributed by atoms with Gasteiger partial charge in [0, 0.05) is 19.3 Å². The lowest BCUT2D eigenvalue weighted by Crippen LogP contribution is -2.30. The standard InChI is InChI=1S/C61H92O6/c1-4-7-10-13-16-19-22-25-28-29-30-31-34-36-39-42-45-48-51-54-60(63)66-57-58(67-61(64)55-52-49-46-43-40-37-33-27-24-21-18-15-12-9-6-3)56-65-59(62)53-50-47-44-41-38-35-32-26-23-20-17-14-11-8-5-2/h7-12,16-21,25-28,30-33,36,38-39,41,45,48,58H,4-6,13-15,22-24,29,34-35,37,40,42-44,46-47,49-57H2,1-3H3/b10-7-,11-8-,12-9-,19-16-,20-17-,21-18-,28-25-,31-30-,32-26-,33-27-,39-36-,41-38-,48-45-/t58-/m0/s1. The molecule has 0 heterocycles. The van der Waals surface area contributed by atoms with Crippen molar-refractivity contribution in [2.75, 3.05) is 13.2 Å². The van der Waals surface area contributed by atoms with Crippen molar-refractivity contribution in [3.63, 3.8) is 0 Å². The number of hydrogen-bond acceptors (Lipinski definition) is 6. The zero-order valence-corrected chi connectivity index (χ0v) is 42.3. The second-order valence-corrected chi connectivity index (χ2v) is 16.3. The first kappa shape index (κ1) is 62.0. The van der Waals surface area contributed by atoms with Crippen molar-refractivity contribution in [3.8, 4) is 0 Å². The normalized spacial score (nSPS) is 13.4. The molecular formula is C61H92O6. The summed E-state index contributed by atoms with van der Waals surface area (Å²) in [5.41, 5.74) is 0. The number of esters is 3. The molecular weight excluding hydrogens is 829 g/mol. The summed E-state index contributed by atoms with van der Waals surface area (Å²) in [4.78, 5) is 38.0. The van der Waals surface area contributed by atoms with E-state index in [9.17, 15) is 14.4 Å². The number of ether oxygens (including phenoxy) is 3. The molecule has 0 saturated carbocycles. The first-order chi connectivity index (χ1) is 33.0. The van der Waals surface area contributed by atoms with Crippen LogP contribution in [0.2, 0.25) is 0 Å². The minimum Gasteiger partial charge on any atom is -0.462 e. The molecule has 6 nitrogen and oxygen atoms in total. The summed E-state index contributed by atoms with van der Waals surface area (Å²) in [5, 5.41) is 0. The molecule has 0 aromatic rings. The van der Waals surface area contributed by atoms with Gasteiger partial charge in [-0.15, -0.1) is 0 Å². The van der Waals surface area contributed by atoms with Gasteiger partial charge in [0.05, 0.1) is 0 Å². The Balaban J connectivity index is 4.63. The van der Waals surface area contributed by atoms with E-state index in [0.717, 1.165) is 135 Å². The van der Waals surface area contributed by atoms with Crippen LogP contribution in [0.25, 0.3) is 0 Å². The van der Waals surface area contributed by atoms with Gasteiger partial charge in [0.2, 0.25) is 0 Å². The van der Waals surface area contributed by atoms with Crippen LogP contribution in [0, 0.1) is 0 Å². The quantitative estimate of drug-likeness (QED) is 0.0262. The second kappa shape index (κ2) is 53.6. The first-order valence-electron chi connectivity index (χ1n) is 26.0. The molecule has 0 unspecified atom stereocenters. The smallest absolute Gasteiger partial charge is 0.306 e. The van der Waals surface area contributed by atoms with E-state index in [1.807, 2.05) is 12.2 Å². The highest BCUT2D eigenvalue weighted by Crippen LogP contribution is 2.11. The van der Waals surface area contributed by atoms with Crippen LogP contribution in [-0.4, -0.2) is 37.2 Å². The van der Waals surface area contributed by atoms with Crippen molar-refractivity contribution < 1.29 is 28.6 Å². The van der Waals surface area contributed by atoms with Gasteiger partial charge >= 0.3 is 17.9 Å². The fraction of sp³-hybridized carbons (Fsp3) is 0.525. The molecule has 0 aliphatic carbocycles. The van der Waals surface area contributed by atoms with Gasteiger partial charge in [-0.25, -0.2) is 0 Å². The Kier molecular flexibility index (Phi) is 49.7. The van der Waals surface area contributed by atoms with E-state index in [1.54, 1.807) is 0 Å². The minimum atomic E-state index is -0.843. The zero-order chi connectivity index (χ0) is 48.6. The van der Waals surface area contributed by atoms with E-state index in [1.165, 1.54) is 0 Å². The predicted octanol–water partition coefficient (Wildman–Crippen LogP) is 17.4. The van der Waals surface area contributed by atoms with E-state index >= 15 is 0 Å². The van der Waals surface area contributed by atoms with Gasteiger partial charge in [-0.05, 0) is 128 Å². The molecule has 0 fully saturated rings. The first-order valence-corrected chi connectivity index (χ1v) is 26.0. The SMILES string of the molecule is CC/C=C\C/C=C\C/C=C\C/C=C\C/C=C\C/C=C\CCC(=O)OC[C@H](COC(=O)CCCC/C=C\C/C=C\C/C=C\C/C=C\CC)OC(=O)CCCCCCC/C=C\C/C=C\C/C=C\CC. The summed E-state index contributed by atoms with van der Waals surface area (Å²) in [6.07, 6.45) is 78.1. The van der Waals surface area contributed by atoms with Gasteiger partial charge in [-0.1, -0.05) is 198 Å². The second-order valence-electron chi connectivity index (χ2n) is 16.3. The summed E-state index contributed by atoms with van der Waals surface area (Å²) in [5.74, 6) is -1.09. The third-order valence-corrected chi connectivity index (χ3v) is 10.0. The van der Waals surface area contributed by atoms with Crippen LogP contribution in [0.3, 0.4) is 0 Å². The van der Waals surface area contributed by atoms with Crippen molar-refractivity contribution in [2.24, 2.45) is 0 Å². The molecule has 0 N–H and O–H groups in total. The van der Waals surface area contributed by atoms with Crippen LogP contribution in [0.5, 0.6) is 0 Å². The highest BCUT2D eigenvalue weighted by Gasteiger charge is 2.19. The molecule has 0 aliphatic rings. The van der Waals surface area contributed by atoms with Crippen LogP contribution >= 0.6 is 0 Å². The highest BCUT2D eigenvalue weighted by molar-refractivity contribution is 5.71. The van der Waals surface area contributed by atoms with E-state index in [4.69, 9.17) is 14.2 Å². The number of allylic oxidation sites excluding steroid dienone is 26. The molecule has 0 saturated heterocycles. The lowest BCUT2D eigenvalue weighted by molar-refractivity contribution is -0.166. The van der Waals surface area contributed by atoms with Crippen molar-refractivity contribution in [1.82, 2.24) is 0 Å². The molecule has 67 heavy (non-hydrogen) atoms. The Morgan fingerprint density at radius 2 is 0.567 bits per heavy atom. The molecule has 0 amide bonds. The average Bonchev–Trinajstić information content (AvgIpc) is 3.33. The highest BCUT2D eigenvalue weighted by atomic mass is 16.6. The molecule has 0 spiro atoms. The topological polar surface area (TPSA) is 78.9 Å². The fourth-order valence-electron chi connectivity index (χ4n) is 6.24. The third-order valence-electron chi connectivity index (χ3n) is 10.0. The van der Waals surface area contributed by atoms with Gasteiger partial charge in [-0.3, -0.25) is 14.4 Å². The van der Waals surface area contributed by atoms with Gasteiger partial charge in [-0.2, -0.15) is 0 Å². The Morgan fingerprint density at radius 3 is 0.955 bits per heavy atom. The van der Waals surface area contributed by atoms with Crippen LogP contribution in [0.15, 0.2) is 158 Å².